The predicted molar refractivity (Wildman–Crippen MR) is 59.6 cm³/mol. The number of thioether (sulfide) groups is 1. The van der Waals surface area contributed by atoms with Crippen molar-refractivity contribution in [3.05, 3.63) is 16.4 Å². The first-order valence-electron chi connectivity index (χ1n) is 4.39. The second-order valence-electron chi connectivity index (χ2n) is 2.96. The smallest absolute Gasteiger partial charge is 0.186 e. The average Bonchev–Trinajstić information content (AvgIpc) is 2.38. The molecule has 0 bridgehead atoms. The van der Waals surface area contributed by atoms with E-state index in [-0.39, 0.29) is 5.12 Å². The van der Waals surface area contributed by atoms with Crippen molar-refractivity contribution in [2.75, 3.05) is 0 Å². The third-order valence-electron chi connectivity index (χ3n) is 1.92. The quantitative estimate of drug-likeness (QED) is 0.803. The molecule has 0 atom stereocenters. The molecule has 0 aliphatic rings. The van der Waals surface area contributed by atoms with E-state index in [0.717, 1.165) is 17.8 Å². The van der Waals surface area contributed by atoms with Crippen molar-refractivity contribution in [3.63, 3.8) is 0 Å². The van der Waals surface area contributed by atoms with Crippen LogP contribution in [0.3, 0.4) is 0 Å². The molecular weight excluding hydrogens is 220 g/mol. The third kappa shape index (κ3) is 2.51. The summed E-state index contributed by atoms with van der Waals surface area (Å²) in [5.41, 5.74) is 1.82. The van der Waals surface area contributed by atoms with Crippen molar-refractivity contribution >= 4 is 28.5 Å². The van der Waals surface area contributed by atoms with Crippen LogP contribution >= 0.6 is 23.4 Å². The molecule has 0 fully saturated rings. The lowest BCUT2D eigenvalue weighted by atomic mass is 10.3. The molecule has 0 saturated heterocycles. The van der Waals surface area contributed by atoms with Crippen LogP contribution in [0.15, 0.2) is 0 Å². The highest BCUT2D eigenvalue weighted by molar-refractivity contribution is 8.12. The number of hydrogen-bond acceptors (Lipinski definition) is 3. The van der Waals surface area contributed by atoms with Gasteiger partial charge < -0.3 is 0 Å². The molecule has 1 rings (SSSR count). The molecule has 1 aromatic heterocycles. The minimum Gasteiger partial charge on any atom is -0.288 e. The van der Waals surface area contributed by atoms with Crippen LogP contribution in [0.4, 0.5) is 0 Å². The highest BCUT2D eigenvalue weighted by Gasteiger charge is 2.12. The third-order valence-corrected chi connectivity index (χ3v) is 3.18. The van der Waals surface area contributed by atoms with E-state index >= 15 is 0 Å². The fourth-order valence-corrected chi connectivity index (χ4v) is 2.22. The second-order valence-corrected chi connectivity index (χ2v) is 4.50. The zero-order chi connectivity index (χ0) is 10.7. The first-order valence-corrected chi connectivity index (χ1v) is 5.76. The zero-order valence-corrected chi connectivity index (χ0v) is 10.1. The Morgan fingerprint density at radius 3 is 2.71 bits per heavy atom. The number of rotatable bonds is 3. The Hall–Kier alpha value is -0.480. The SMILES string of the molecule is CCc1c(Cl)c(CSC(C)=O)nn1C. The maximum Gasteiger partial charge on any atom is 0.186 e. The van der Waals surface area contributed by atoms with Gasteiger partial charge >= 0.3 is 0 Å². The van der Waals surface area contributed by atoms with E-state index in [2.05, 4.69) is 5.10 Å². The van der Waals surface area contributed by atoms with Gasteiger partial charge in [-0.15, -0.1) is 0 Å². The van der Waals surface area contributed by atoms with Gasteiger partial charge in [-0.05, 0) is 6.42 Å². The van der Waals surface area contributed by atoms with E-state index in [1.807, 2.05) is 14.0 Å². The monoisotopic (exact) mass is 232 g/mol. The normalized spacial score (nSPS) is 10.6. The predicted octanol–water partition coefficient (Wildman–Crippen LogP) is 2.42. The van der Waals surface area contributed by atoms with Crippen LogP contribution in [-0.4, -0.2) is 14.9 Å². The summed E-state index contributed by atoms with van der Waals surface area (Å²) in [5.74, 6) is 0.558. The van der Waals surface area contributed by atoms with Crippen molar-refractivity contribution in [1.29, 1.82) is 0 Å². The molecular formula is C9H13ClN2OS. The van der Waals surface area contributed by atoms with Crippen LogP contribution in [0, 0.1) is 0 Å². The fraction of sp³-hybridized carbons (Fsp3) is 0.556. The molecule has 0 amide bonds. The Kier molecular flexibility index (Phi) is 4.01. The van der Waals surface area contributed by atoms with Gasteiger partial charge in [-0.1, -0.05) is 30.3 Å². The maximum atomic E-state index is 10.8. The van der Waals surface area contributed by atoms with E-state index < -0.39 is 0 Å². The van der Waals surface area contributed by atoms with Crippen molar-refractivity contribution in [3.8, 4) is 0 Å². The maximum absolute atomic E-state index is 10.8. The van der Waals surface area contributed by atoms with Gasteiger partial charge in [0.15, 0.2) is 5.12 Å². The second kappa shape index (κ2) is 4.84. The largest absolute Gasteiger partial charge is 0.288 e. The molecule has 14 heavy (non-hydrogen) atoms. The van der Waals surface area contributed by atoms with Crippen LogP contribution in [0.25, 0.3) is 0 Å². The average molecular weight is 233 g/mol. The summed E-state index contributed by atoms with van der Waals surface area (Å²) in [5, 5.41) is 5.05. The van der Waals surface area contributed by atoms with Gasteiger partial charge in [0.05, 0.1) is 16.4 Å². The van der Waals surface area contributed by atoms with Gasteiger partial charge in [0, 0.05) is 19.7 Å². The van der Waals surface area contributed by atoms with E-state index in [1.165, 1.54) is 11.8 Å². The molecule has 0 radical (unpaired) electrons. The van der Waals surface area contributed by atoms with Gasteiger partial charge in [-0.2, -0.15) is 5.10 Å². The molecule has 0 spiro atoms. The molecule has 1 aromatic rings. The summed E-state index contributed by atoms with van der Waals surface area (Å²) < 4.78 is 1.78. The molecule has 3 nitrogen and oxygen atoms in total. The lowest BCUT2D eigenvalue weighted by Gasteiger charge is -1.95. The van der Waals surface area contributed by atoms with Crippen LogP contribution in [0.1, 0.15) is 25.2 Å². The van der Waals surface area contributed by atoms with Crippen molar-refractivity contribution in [1.82, 2.24) is 9.78 Å². The zero-order valence-electron chi connectivity index (χ0n) is 8.50. The summed E-state index contributed by atoms with van der Waals surface area (Å²) in [6, 6.07) is 0. The van der Waals surface area contributed by atoms with Gasteiger partial charge in [-0.25, -0.2) is 0 Å². The Morgan fingerprint density at radius 1 is 1.64 bits per heavy atom. The minimum absolute atomic E-state index is 0.0877. The van der Waals surface area contributed by atoms with Gasteiger partial charge in [0.1, 0.15) is 0 Å². The van der Waals surface area contributed by atoms with E-state index in [4.69, 9.17) is 11.6 Å². The lowest BCUT2D eigenvalue weighted by molar-refractivity contribution is -0.109. The number of hydrogen-bond donors (Lipinski definition) is 0. The molecule has 1 heterocycles. The number of aromatic nitrogens is 2. The Bertz CT molecular complexity index is 349. The van der Waals surface area contributed by atoms with Gasteiger partial charge in [0.2, 0.25) is 0 Å². The summed E-state index contributed by atoms with van der Waals surface area (Å²) in [4.78, 5) is 10.8. The Balaban J connectivity index is 2.83. The summed E-state index contributed by atoms with van der Waals surface area (Å²) in [6.45, 7) is 3.58. The Labute approximate surface area is 92.8 Å². The molecule has 0 saturated carbocycles. The lowest BCUT2D eigenvalue weighted by Crippen LogP contribution is -1.96. The Morgan fingerprint density at radius 2 is 2.29 bits per heavy atom. The number of aryl methyl sites for hydroxylation is 1. The number of carbonyl (C=O) groups is 1. The standard InChI is InChI=1S/C9H13ClN2OS/c1-4-8-9(10)7(11-12(8)3)5-14-6(2)13/h4-5H2,1-3H3. The molecule has 0 unspecified atom stereocenters. The molecule has 5 heteroatoms. The first-order chi connectivity index (χ1) is 6.56. The van der Waals surface area contributed by atoms with Gasteiger partial charge in [0.25, 0.3) is 0 Å². The summed E-state index contributed by atoms with van der Waals surface area (Å²) >= 11 is 7.34. The van der Waals surface area contributed by atoms with Crippen LogP contribution in [-0.2, 0) is 24.0 Å². The summed E-state index contributed by atoms with van der Waals surface area (Å²) in [6.07, 6.45) is 0.854. The van der Waals surface area contributed by atoms with Crippen LogP contribution in [0.5, 0.6) is 0 Å². The van der Waals surface area contributed by atoms with Crippen LogP contribution < -0.4 is 0 Å². The summed E-state index contributed by atoms with van der Waals surface area (Å²) in [7, 11) is 1.87. The number of carbonyl (C=O) groups excluding carboxylic acids is 1. The molecule has 0 aliphatic heterocycles. The van der Waals surface area contributed by atoms with Crippen molar-refractivity contribution in [2.45, 2.75) is 26.0 Å². The van der Waals surface area contributed by atoms with Gasteiger partial charge in [-0.3, -0.25) is 9.48 Å². The van der Waals surface area contributed by atoms with E-state index in [9.17, 15) is 4.79 Å². The number of halogens is 1. The topological polar surface area (TPSA) is 34.9 Å². The molecule has 0 N–H and O–H groups in total. The van der Waals surface area contributed by atoms with E-state index in [1.54, 1.807) is 11.6 Å². The minimum atomic E-state index is 0.0877. The van der Waals surface area contributed by atoms with Crippen molar-refractivity contribution < 1.29 is 4.79 Å². The molecule has 0 aromatic carbocycles. The first kappa shape index (κ1) is 11.6. The van der Waals surface area contributed by atoms with Crippen LogP contribution in [0.2, 0.25) is 5.02 Å². The highest BCUT2D eigenvalue weighted by Crippen LogP contribution is 2.24. The molecule has 78 valence electrons. The fourth-order valence-electron chi connectivity index (χ4n) is 1.24. The number of nitrogens with zero attached hydrogens (tertiary/aromatic N) is 2. The van der Waals surface area contributed by atoms with Crippen molar-refractivity contribution in [2.24, 2.45) is 7.05 Å². The highest BCUT2D eigenvalue weighted by atomic mass is 35.5. The van der Waals surface area contributed by atoms with E-state index in [0.29, 0.717) is 10.8 Å². The molecule has 0 aliphatic carbocycles.